The molecular formula is C18H19NO3. The van der Waals surface area contributed by atoms with Crippen LogP contribution >= 0.6 is 0 Å². The lowest BCUT2D eigenvalue weighted by molar-refractivity contribution is 0.0953. The van der Waals surface area contributed by atoms with Gasteiger partial charge in [0.1, 0.15) is 13.2 Å². The van der Waals surface area contributed by atoms with Crippen LogP contribution in [-0.2, 0) is 6.42 Å². The zero-order valence-corrected chi connectivity index (χ0v) is 12.6. The molecular weight excluding hydrogens is 278 g/mol. The van der Waals surface area contributed by atoms with Gasteiger partial charge in [-0.25, -0.2) is 0 Å². The molecule has 1 amide bonds. The highest BCUT2D eigenvalue weighted by atomic mass is 16.6. The van der Waals surface area contributed by atoms with Crippen molar-refractivity contribution >= 4 is 5.91 Å². The minimum atomic E-state index is -0.0929. The Morgan fingerprint density at radius 3 is 2.73 bits per heavy atom. The molecule has 2 aromatic rings. The standard InChI is InChI=1S/C18H19NO3/c1-13-3-2-4-14(11-13)7-8-19-18(20)15-5-6-16-17(12-15)22-10-9-21-16/h2-6,11-12H,7-10H2,1H3,(H,19,20). The van der Waals surface area contributed by atoms with Crippen molar-refractivity contribution in [2.75, 3.05) is 19.8 Å². The van der Waals surface area contributed by atoms with E-state index < -0.39 is 0 Å². The largest absolute Gasteiger partial charge is 0.486 e. The Morgan fingerprint density at radius 1 is 1.09 bits per heavy atom. The van der Waals surface area contributed by atoms with Crippen LogP contribution in [0.5, 0.6) is 11.5 Å². The summed E-state index contributed by atoms with van der Waals surface area (Å²) in [6.07, 6.45) is 0.817. The zero-order valence-electron chi connectivity index (χ0n) is 12.6. The summed E-state index contributed by atoms with van der Waals surface area (Å²) < 4.78 is 10.9. The third kappa shape index (κ3) is 3.39. The lowest BCUT2D eigenvalue weighted by Crippen LogP contribution is -2.26. The van der Waals surface area contributed by atoms with E-state index in [4.69, 9.17) is 9.47 Å². The fourth-order valence-corrected chi connectivity index (χ4v) is 2.47. The van der Waals surface area contributed by atoms with Gasteiger partial charge in [-0.3, -0.25) is 4.79 Å². The smallest absolute Gasteiger partial charge is 0.251 e. The molecule has 0 saturated heterocycles. The molecule has 0 spiro atoms. The third-order valence-corrected chi connectivity index (χ3v) is 3.59. The summed E-state index contributed by atoms with van der Waals surface area (Å²) in [4.78, 5) is 12.2. The molecule has 0 radical (unpaired) electrons. The first-order valence-electron chi connectivity index (χ1n) is 7.46. The first-order chi connectivity index (χ1) is 10.7. The summed E-state index contributed by atoms with van der Waals surface area (Å²) in [5.41, 5.74) is 3.05. The van der Waals surface area contributed by atoms with Crippen molar-refractivity contribution in [3.63, 3.8) is 0 Å². The van der Waals surface area contributed by atoms with Gasteiger partial charge in [-0.1, -0.05) is 29.8 Å². The predicted octanol–water partition coefficient (Wildman–Crippen LogP) is 2.74. The Labute approximate surface area is 130 Å². The number of carbonyl (C=O) groups excluding carboxylic acids is 1. The molecule has 0 unspecified atom stereocenters. The summed E-state index contributed by atoms with van der Waals surface area (Å²) in [5, 5.41) is 2.94. The van der Waals surface area contributed by atoms with E-state index in [2.05, 4.69) is 30.4 Å². The number of aryl methyl sites for hydroxylation is 1. The van der Waals surface area contributed by atoms with Crippen LogP contribution in [0.15, 0.2) is 42.5 Å². The van der Waals surface area contributed by atoms with E-state index in [0.717, 1.165) is 6.42 Å². The van der Waals surface area contributed by atoms with Gasteiger partial charge < -0.3 is 14.8 Å². The number of amides is 1. The number of hydrogen-bond donors (Lipinski definition) is 1. The summed E-state index contributed by atoms with van der Waals surface area (Å²) in [7, 11) is 0. The Morgan fingerprint density at radius 2 is 1.91 bits per heavy atom. The Bertz CT molecular complexity index is 682. The molecule has 0 saturated carbocycles. The van der Waals surface area contributed by atoms with Crippen molar-refractivity contribution in [2.45, 2.75) is 13.3 Å². The van der Waals surface area contributed by atoms with Crippen molar-refractivity contribution in [2.24, 2.45) is 0 Å². The van der Waals surface area contributed by atoms with Crippen LogP contribution in [0.2, 0.25) is 0 Å². The van der Waals surface area contributed by atoms with E-state index in [1.54, 1.807) is 18.2 Å². The van der Waals surface area contributed by atoms with E-state index in [0.29, 0.717) is 36.8 Å². The van der Waals surface area contributed by atoms with Crippen molar-refractivity contribution in [3.05, 3.63) is 59.2 Å². The van der Waals surface area contributed by atoms with Gasteiger partial charge in [0, 0.05) is 12.1 Å². The highest BCUT2D eigenvalue weighted by Crippen LogP contribution is 2.30. The topological polar surface area (TPSA) is 47.6 Å². The molecule has 4 heteroatoms. The number of ether oxygens (including phenoxy) is 2. The maximum atomic E-state index is 12.2. The number of rotatable bonds is 4. The summed E-state index contributed by atoms with van der Waals surface area (Å²) in [5.74, 6) is 1.24. The molecule has 0 bridgehead atoms. The van der Waals surface area contributed by atoms with Crippen LogP contribution in [0.4, 0.5) is 0 Å². The van der Waals surface area contributed by atoms with Gasteiger partial charge in [0.25, 0.3) is 5.91 Å². The van der Waals surface area contributed by atoms with Gasteiger partial charge in [0.05, 0.1) is 0 Å². The molecule has 114 valence electrons. The highest BCUT2D eigenvalue weighted by molar-refractivity contribution is 5.94. The second kappa shape index (κ2) is 6.52. The Balaban J connectivity index is 1.58. The molecule has 3 rings (SSSR count). The van der Waals surface area contributed by atoms with Crippen molar-refractivity contribution < 1.29 is 14.3 Å². The number of carbonyl (C=O) groups is 1. The number of nitrogens with one attached hydrogen (secondary N) is 1. The number of benzene rings is 2. The van der Waals surface area contributed by atoms with E-state index in [9.17, 15) is 4.79 Å². The molecule has 22 heavy (non-hydrogen) atoms. The molecule has 1 N–H and O–H groups in total. The minimum Gasteiger partial charge on any atom is -0.486 e. The van der Waals surface area contributed by atoms with E-state index in [1.807, 2.05) is 6.07 Å². The summed E-state index contributed by atoms with van der Waals surface area (Å²) in [6.45, 7) is 3.74. The third-order valence-electron chi connectivity index (χ3n) is 3.59. The van der Waals surface area contributed by atoms with E-state index >= 15 is 0 Å². The average Bonchev–Trinajstić information content (AvgIpc) is 2.54. The van der Waals surface area contributed by atoms with Crippen LogP contribution in [0.3, 0.4) is 0 Å². The maximum Gasteiger partial charge on any atom is 0.251 e. The predicted molar refractivity (Wildman–Crippen MR) is 84.6 cm³/mol. The Kier molecular flexibility index (Phi) is 4.28. The minimum absolute atomic E-state index is 0.0929. The first kappa shape index (κ1) is 14.4. The van der Waals surface area contributed by atoms with Crippen molar-refractivity contribution in [3.8, 4) is 11.5 Å². The van der Waals surface area contributed by atoms with E-state index in [-0.39, 0.29) is 5.91 Å². The van der Waals surface area contributed by atoms with Crippen molar-refractivity contribution in [1.82, 2.24) is 5.32 Å². The highest BCUT2D eigenvalue weighted by Gasteiger charge is 2.14. The van der Waals surface area contributed by atoms with Gasteiger partial charge in [0.15, 0.2) is 11.5 Å². The van der Waals surface area contributed by atoms with Gasteiger partial charge in [-0.05, 0) is 37.1 Å². The fraction of sp³-hybridized carbons (Fsp3) is 0.278. The number of hydrogen-bond acceptors (Lipinski definition) is 3. The SMILES string of the molecule is Cc1cccc(CCNC(=O)c2ccc3c(c2)OCCO3)c1. The molecule has 0 atom stereocenters. The fourth-order valence-electron chi connectivity index (χ4n) is 2.47. The second-order valence-electron chi connectivity index (χ2n) is 5.35. The Hall–Kier alpha value is -2.49. The molecule has 0 aromatic heterocycles. The van der Waals surface area contributed by atoms with Crippen molar-refractivity contribution in [1.29, 1.82) is 0 Å². The lowest BCUT2D eigenvalue weighted by Gasteiger charge is -2.18. The van der Waals surface area contributed by atoms with Gasteiger partial charge in [0.2, 0.25) is 0 Å². The van der Waals surface area contributed by atoms with Crippen LogP contribution in [-0.4, -0.2) is 25.7 Å². The van der Waals surface area contributed by atoms with Crippen LogP contribution < -0.4 is 14.8 Å². The van der Waals surface area contributed by atoms with Gasteiger partial charge in [-0.15, -0.1) is 0 Å². The van der Waals surface area contributed by atoms with E-state index in [1.165, 1.54) is 11.1 Å². The average molecular weight is 297 g/mol. The molecule has 0 aliphatic carbocycles. The molecule has 1 aliphatic rings. The zero-order chi connectivity index (χ0) is 15.4. The lowest BCUT2D eigenvalue weighted by atomic mass is 10.1. The summed E-state index contributed by atoms with van der Waals surface area (Å²) in [6, 6.07) is 13.6. The molecule has 4 nitrogen and oxygen atoms in total. The van der Waals surface area contributed by atoms with Crippen LogP contribution in [0.1, 0.15) is 21.5 Å². The van der Waals surface area contributed by atoms with Gasteiger partial charge >= 0.3 is 0 Å². The van der Waals surface area contributed by atoms with Crippen LogP contribution in [0.25, 0.3) is 0 Å². The second-order valence-corrected chi connectivity index (χ2v) is 5.35. The molecule has 2 aromatic carbocycles. The number of fused-ring (bicyclic) bond motifs is 1. The first-order valence-corrected chi connectivity index (χ1v) is 7.46. The quantitative estimate of drug-likeness (QED) is 0.944. The van der Waals surface area contributed by atoms with Gasteiger partial charge in [-0.2, -0.15) is 0 Å². The molecule has 1 aliphatic heterocycles. The maximum absolute atomic E-state index is 12.2. The monoisotopic (exact) mass is 297 g/mol. The molecule has 0 fully saturated rings. The molecule has 1 heterocycles. The summed E-state index contributed by atoms with van der Waals surface area (Å²) >= 11 is 0. The van der Waals surface area contributed by atoms with Crippen LogP contribution in [0, 0.1) is 6.92 Å². The normalized spacial score (nSPS) is 12.8.